The molecule has 0 aliphatic carbocycles. The van der Waals surface area contributed by atoms with Crippen LogP contribution in [0.1, 0.15) is 11.5 Å². The Hall–Kier alpha value is -2.07. The summed E-state index contributed by atoms with van der Waals surface area (Å²) in [6.45, 7) is 2.63. The van der Waals surface area contributed by atoms with Crippen molar-refractivity contribution in [1.82, 2.24) is 9.97 Å². The van der Waals surface area contributed by atoms with Crippen LogP contribution in [0.25, 0.3) is 22.4 Å². The lowest BCUT2D eigenvalue weighted by Crippen LogP contribution is -2.02. The molecule has 2 heterocycles. The zero-order valence-electron chi connectivity index (χ0n) is 10.2. The maximum atomic E-state index is 5.65. The number of rotatable bonds is 3. The molecule has 3 aromatic rings. The molecule has 4 heteroatoms. The van der Waals surface area contributed by atoms with Gasteiger partial charge in [-0.05, 0) is 25.1 Å². The van der Waals surface area contributed by atoms with E-state index in [4.69, 9.17) is 10.2 Å². The van der Waals surface area contributed by atoms with Crippen molar-refractivity contribution in [2.24, 2.45) is 5.73 Å². The first-order chi connectivity index (χ1) is 8.76. The highest BCUT2D eigenvalue weighted by Crippen LogP contribution is 2.25. The summed E-state index contributed by atoms with van der Waals surface area (Å²) in [5.74, 6) is 1.44. The van der Waals surface area contributed by atoms with Gasteiger partial charge in [0.1, 0.15) is 0 Å². The minimum atomic E-state index is 0.547. The summed E-state index contributed by atoms with van der Waals surface area (Å²) in [6.07, 6.45) is 2.40. The molecular weight excluding hydrogens is 226 g/mol. The van der Waals surface area contributed by atoms with Gasteiger partial charge < -0.3 is 15.1 Å². The smallest absolute Gasteiger partial charge is 0.196 e. The van der Waals surface area contributed by atoms with Gasteiger partial charge >= 0.3 is 0 Å². The Morgan fingerprint density at radius 3 is 3.06 bits per heavy atom. The van der Waals surface area contributed by atoms with Crippen molar-refractivity contribution < 1.29 is 4.42 Å². The van der Waals surface area contributed by atoms with Crippen molar-refractivity contribution in [1.29, 1.82) is 0 Å². The first-order valence-electron chi connectivity index (χ1n) is 6.01. The van der Waals surface area contributed by atoms with Gasteiger partial charge in [0.2, 0.25) is 0 Å². The molecule has 0 aliphatic rings. The number of hydrogen-bond donors (Lipinski definition) is 2. The number of nitrogens with one attached hydrogen (secondary N) is 1. The number of aromatic nitrogens is 2. The van der Waals surface area contributed by atoms with E-state index >= 15 is 0 Å². The van der Waals surface area contributed by atoms with E-state index in [1.54, 1.807) is 6.20 Å². The topological polar surface area (TPSA) is 67.8 Å². The first-order valence-corrected chi connectivity index (χ1v) is 6.01. The summed E-state index contributed by atoms with van der Waals surface area (Å²) in [7, 11) is 0. The molecule has 0 amide bonds. The molecule has 0 unspecified atom stereocenters. The Balaban J connectivity index is 2.02. The largest absolute Gasteiger partial charge is 0.439 e. The van der Waals surface area contributed by atoms with E-state index < -0.39 is 0 Å². The second-order valence-electron chi connectivity index (χ2n) is 4.43. The predicted octanol–water partition coefficient (Wildman–Crippen LogP) is 2.63. The van der Waals surface area contributed by atoms with E-state index in [-0.39, 0.29) is 0 Å². The van der Waals surface area contributed by atoms with Gasteiger partial charge in [0.15, 0.2) is 11.7 Å². The summed E-state index contributed by atoms with van der Waals surface area (Å²) >= 11 is 0. The molecule has 1 aromatic carbocycles. The number of aryl methyl sites for hydroxylation is 1. The Morgan fingerprint density at radius 2 is 2.22 bits per heavy atom. The Bertz CT molecular complexity index is 681. The fourth-order valence-corrected chi connectivity index (χ4v) is 2.06. The van der Waals surface area contributed by atoms with E-state index in [1.165, 1.54) is 10.9 Å². The van der Waals surface area contributed by atoms with Crippen LogP contribution in [-0.2, 0) is 6.42 Å². The average Bonchev–Trinajstić information content (AvgIpc) is 2.94. The van der Waals surface area contributed by atoms with Gasteiger partial charge in [-0.25, -0.2) is 4.98 Å². The van der Waals surface area contributed by atoms with Crippen LogP contribution in [0.5, 0.6) is 0 Å². The number of H-pyrrole nitrogens is 1. The first kappa shape index (κ1) is 11.0. The highest BCUT2D eigenvalue weighted by atomic mass is 16.4. The molecule has 4 nitrogen and oxygen atoms in total. The quantitative estimate of drug-likeness (QED) is 0.740. The minimum absolute atomic E-state index is 0.547. The molecule has 18 heavy (non-hydrogen) atoms. The van der Waals surface area contributed by atoms with Gasteiger partial charge in [0, 0.05) is 23.9 Å². The number of aromatic amines is 1. The van der Waals surface area contributed by atoms with Crippen molar-refractivity contribution in [2.75, 3.05) is 6.54 Å². The standard InChI is InChI=1S/C14H15N3O/c1-9-2-3-11-10(6-9)7-12(17-11)13-8-16-14(18-13)4-5-15/h2-3,6-8,17H,4-5,15H2,1H3. The molecule has 0 saturated carbocycles. The highest BCUT2D eigenvalue weighted by Gasteiger charge is 2.08. The molecule has 0 fully saturated rings. The monoisotopic (exact) mass is 241 g/mol. The molecular formula is C14H15N3O. The second-order valence-corrected chi connectivity index (χ2v) is 4.43. The van der Waals surface area contributed by atoms with Gasteiger partial charge in [0.25, 0.3) is 0 Å². The summed E-state index contributed by atoms with van der Waals surface area (Å²) < 4.78 is 5.65. The second kappa shape index (κ2) is 4.31. The third kappa shape index (κ3) is 1.91. The summed E-state index contributed by atoms with van der Waals surface area (Å²) in [5, 5.41) is 1.18. The molecule has 0 radical (unpaired) electrons. The lowest BCUT2D eigenvalue weighted by molar-refractivity contribution is 0.507. The summed E-state index contributed by atoms with van der Waals surface area (Å²) in [6, 6.07) is 8.38. The fraction of sp³-hybridized carbons (Fsp3) is 0.214. The van der Waals surface area contributed by atoms with Crippen molar-refractivity contribution in [3.63, 3.8) is 0 Å². The fourth-order valence-electron chi connectivity index (χ4n) is 2.06. The van der Waals surface area contributed by atoms with Gasteiger partial charge in [0.05, 0.1) is 11.9 Å². The third-order valence-corrected chi connectivity index (χ3v) is 2.95. The molecule has 92 valence electrons. The minimum Gasteiger partial charge on any atom is -0.439 e. The number of benzene rings is 1. The normalized spacial score (nSPS) is 11.2. The molecule has 2 aromatic heterocycles. The maximum absolute atomic E-state index is 5.65. The number of nitrogens with zero attached hydrogens (tertiary/aromatic N) is 1. The number of hydrogen-bond acceptors (Lipinski definition) is 3. The van der Waals surface area contributed by atoms with Gasteiger partial charge in [-0.15, -0.1) is 0 Å². The van der Waals surface area contributed by atoms with E-state index in [0.717, 1.165) is 17.0 Å². The van der Waals surface area contributed by atoms with Crippen molar-refractivity contribution in [3.8, 4) is 11.5 Å². The molecule has 0 spiro atoms. The molecule has 0 aliphatic heterocycles. The lowest BCUT2D eigenvalue weighted by atomic mass is 10.2. The van der Waals surface area contributed by atoms with Gasteiger partial charge in [-0.1, -0.05) is 11.6 Å². The van der Waals surface area contributed by atoms with Crippen LogP contribution >= 0.6 is 0 Å². The van der Waals surface area contributed by atoms with Crippen LogP contribution in [0.3, 0.4) is 0 Å². The molecule has 0 atom stereocenters. The predicted molar refractivity (Wildman–Crippen MR) is 71.3 cm³/mol. The number of fused-ring (bicyclic) bond motifs is 1. The van der Waals surface area contributed by atoms with Crippen molar-refractivity contribution in [2.45, 2.75) is 13.3 Å². The SMILES string of the molecule is Cc1ccc2[nH]c(-c3cnc(CCN)o3)cc2c1. The van der Waals surface area contributed by atoms with E-state index in [0.29, 0.717) is 18.9 Å². The van der Waals surface area contributed by atoms with Crippen LogP contribution in [0, 0.1) is 6.92 Å². The third-order valence-electron chi connectivity index (χ3n) is 2.95. The van der Waals surface area contributed by atoms with E-state index in [9.17, 15) is 0 Å². The van der Waals surface area contributed by atoms with Crippen LogP contribution in [0.4, 0.5) is 0 Å². The average molecular weight is 241 g/mol. The zero-order valence-corrected chi connectivity index (χ0v) is 10.2. The van der Waals surface area contributed by atoms with Gasteiger partial charge in [-0.3, -0.25) is 0 Å². The lowest BCUT2D eigenvalue weighted by Gasteiger charge is -1.91. The summed E-state index contributed by atoms with van der Waals surface area (Å²) in [4.78, 5) is 7.53. The van der Waals surface area contributed by atoms with Crippen molar-refractivity contribution >= 4 is 10.9 Å². The molecule has 0 bridgehead atoms. The Morgan fingerprint density at radius 1 is 1.33 bits per heavy atom. The number of nitrogens with two attached hydrogens (primary N) is 1. The van der Waals surface area contributed by atoms with Crippen molar-refractivity contribution in [3.05, 3.63) is 41.9 Å². The van der Waals surface area contributed by atoms with Crippen LogP contribution in [0.2, 0.25) is 0 Å². The Kier molecular flexibility index (Phi) is 2.64. The zero-order chi connectivity index (χ0) is 12.5. The van der Waals surface area contributed by atoms with Crippen LogP contribution < -0.4 is 5.73 Å². The molecule has 3 rings (SSSR count). The van der Waals surface area contributed by atoms with E-state index in [1.807, 2.05) is 0 Å². The van der Waals surface area contributed by atoms with Gasteiger partial charge in [-0.2, -0.15) is 0 Å². The summed E-state index contributed by atoms with van der Waals surface area (Å²) in [5.41, 5.74) is 8.78. The molecule has 0 saturated heterocycles. The molecule has 3 N–H and O–H groups in total. The highest BCUT2D eigenvalue weighted by molar-refractivity contribution is 5.85. The number of oxazole rings is 1. The maximum Gasteiger partial charge on any atom is 0.196 e. The van der Waals surface area contributed by atoms with E-state index in [2.05, 4.69) is 41.2 Å². The Labute approximate surface area is 105 Å². The van der Waals surface area contributed by atoms with Crippen LogP contribution in [0.15, 0.2) is 34.9 Å². The van der Waals surface area contributed by atoms with Crippen LogP contribution in [-0.4, -0.2) is 16.5 Å².